The van der Waals surface area contributed by atoms with Gasteiger partial charge in [-0.25, -0.2) is 9.97 Å². The van der Waals surface area contributed by atoms with Crippen molar-refractivity contribution in [1.82, 2.24) is 19.9 Å². The lowest BCUT2D eigenvalue weighted by molar-refractivity contribution is 0.901. The molecule has 0 amide bonds. The van der Waals surface area contributed by atoms with E-state index < -0.39 is 0 Å². The summed E-state index contributed by atoms with van der Waals surface area (Å²) in [4.78, 5) is 27.5. The largest absolute Gasteiger partial charge is 0.345 e. The number of aryl methyl sites for hydroxylation is 1. The van der Waals surface area contributed by atoms with Crippen LogP contribution in [0.1, 0.15) is 24.5 Å². The van der Waals surface area contributed by atoms with Gasteiger partial charge in [0.2, 0.25) is 0 Å². The molecule has 4 aromatic rings. The fraction of sp³-hybridized carbons (Fsp3) is 0.211. The summed E-state index contributed by atoms with van der Waals surface area (Å²) >= 11 is 1.50. The van der Waals surface area contributed by atoms with Crippen LogP contribution in [0.3, 0.4) is 0 Å². The normalized spacial score (nSPS) is 11.3. The van der Waals surface area contributed by atoms with Crippen LogP contribution in [0.15, 0.2) is 40.9 Å². The molecule has 0 spiro atoms. The number of hydrogen-bond acceptors (Lipinski definition) is 4. The lowest BCUT2D eigenvalue weighted by Gasteiger charge is -2.07. The smallest absolute Gasteiger partial charge is 0.258 e. The molecule has 126 valence electrons. The topological polar surface area (TPSA) is 74.4 Å². The van der Waals surface area contributed by atoms with Gasteiger partial charge in [0.1, 0.15) is 10.7 Å². The first-order chi connectivity index (χ1) is 12.2. The highest BCUT2D eigenvalue weighted by molar-refractivity contribution is 7.13. The molecule has 25 heavy (non-hydrogen) atoms. The molecular formula is C19H18N4OS. The second kappa shape index (κ2) is 6.29. The Morgan fingerprint density at radius 3 is 2.96 bits per heavy atom. The van der Waals surface area contributed by atoms with Gasteiger partial charge in [-0.1, -0.05) is 13.3 Å². The van der Waals surface area contributed by atoms with E-state index in [2.05, 4.69) is 21.9 Å². The fourth-order valence-electron chi connectivity index (χ4n) is 3.13. The molecule has 0 aliphatic heterocycles. The van der Waals surface area contributed by atoms with E-state index in [1.54, 1.807) is 6.20 Å². The summed E-state index contributed by atoms with van der Waals surface area (Å²) in [5, 5.41) is 3.78. The van der Waals surface area contributed by atoms with Gasteiger partial charge in [0.05, 0.1) is 11.3 Å². The lowest BCUT2D eigenvalue weighted by Crippen LogP contribution is -2.12. The number of aromatic nitrogens is 4. The molecule has 0 unspecified atom stereocenters. The molecule has 0 saturated carbocycles. The third kappa shape index (κ3) is 2.68. The molecule has 0 atom stereocenters. The summed E-state index contributed by atoms with van der Waals surface area (Å²) in [5.74, 6) is 0. The van der Waals surface area contributed by atoms with Crippen molar-refractivity contribution in [3.05, 3.63) is 57.6 Å². The van der Waals surface area contributed by atoms with E-state index in [0.717, 1.165) is 45.7 Å². The number of nitrogens with zero attached hydrogens (tertiary/aromatic N) is 2. The average Bonchev–Trinajstić information content (AvgIpc) is 3.24. The van der Waals surface area contributed by atoms with Crippen molar-refractivity contribution < 1.29 is 0 Å². The van der Waals surface area contributed by atoms with E-state index in [1.807, 2.05) is 36.8 Å². The maximum Gasteiger partial charge on any atom is 0.258 e. The molecule has 0 saturated heterocycles. The quantitative estimate of drug-likeness (QED) is 0.576. The van der Waals surface area contributed by atoms with Crippen LogP contribution in [-0.2, 0) is 6.42 Å². The first-order valence-corrected chi connectivity index (χ1v) is 9.16. The van der Waals surface area contributed by atoms with Crippen LogP contribution in [0.5, 0.6) is 0 Å². The Hall–Kier alpha value is -2.73. The average molecular weight is 350 g/mol. The number of rotatable bonds is 4. The van der Waals surface area contributed by atoms with Gasteiger partial charge >= 0.3 is 0 Å². The van der Waals surface area contributed by atoms with Crippen LogP contribution in [0.2, 0.25) is 0 Å². The number of pyridine rings is 2. The Balaban J connectivity index is 1.83. The van der Waals surface area contributed by atoms with E-state index in [9.17, 15) is 4.79 Å². The molecule has 0 fully saturated rings. The van der Waals surface area contributed by atoms with Crippen molar-refractivity contribution in [3.8, 4) is 21.8 Å². The Labute approximate surface area is 148 Å². The zero-order valence-corrected chi connectivity index (χ0v) is 14.9. The molecule has 5 nitrogen and oxygen atoms in total. The predicted octanol–water partition coefficient (Wildman–Crippen LogP) is 4.30. The molecule has 2 N–H and O–H groups in total. The maximum absolute atomic E-state index is 12.4. The van der Waals surface area contributed by atoms with Gasteiger partial charge in [0.15, 0.2) is 0 Å². The fourth-order valence-corrected chi connectivity index (χ4v) is 4.05. The SMILES string of the molecule is CCCc1c[nH]c(=O)c(-c2nc(-c3c[nH]c4ncccc34)cs2)c1C. The van der Waals surface area contributed by atoms with Gasteiger partial charge in [-0.05, 0) is 36.6 Å². The standard InChI is InChI=1S/C19H18N4OS/c1-3-5-12-8-22-18(24)16(11(12)2)19-23-15(10-25-19)14-9-21-17-13(14)6-4-7-20-17/h4,6-10H,3,5H2,1-2H3,(H,20,21)(H,22,24). The summed E-state index contributed by atoms with van der Waals surface area (Å²) in [5.41, 5.74) is 5.49. The lowest BCUT2D eigenvalue weighted by atomic mass is 10.0. The second-order valence-corrected chi connectivity index (χ2v) is 6.89. The van der Waals surface area contributed by atoms with Crippen molar-refractivity contribution in [3.63, 3.8) is 0 Å². The van der Waals surface area contributed by atoms with Gasteiger partial charge < -0.3 is 9.97 Å². The first kappa shape index (κ1) is 15.8. The number of fused-ring (bicyclic) bond motifs is 1. The summed E-state index contributed by atoms with van der Waals surface area (Å²) in [6.45, 7) is 4.14. The minimum atomic E-state index is -0.0844. The van der Waals surface area contributed by atoms with Gasteiger partial charge in [0, 0.05) is 34.9 Å². The number of thiazole rings is 1. The Morgan fingerprint density at radius 1 is 1.24 bits per heavy atom. The van der Waals surface area contributed by atoms with Crippen LogP contribution >= 0.6 is 11.3 Å². The number of nitrogens with one attached hydrogen (secondary N) is 2. The maximum atomic E-state index is 12.4. The zero-order chi connectivity index (χ0) is 17.4. The molecule has 0 bridgehead atoms. The van der Waals surface area contributed by atoms with E-state index in [4.69, 9.17) is 4.98 Å². The van der Waals surface area contributed by atoms with Crippen molar-refractivity contribution >= 4 is 22.4 Å². The molecule has 0 aromatic carbocycles. The van der Waals surface area contributed by atoms with Crippen molar-refractivity contribution in [2.75, 3.05) is 0 Å². The number of hydrogen-bond donors (Lipinski definition) is 2. The Kier molecular flexibility index (Phi) is 3.97. The molecule has 0 radical (unpaired) electrons. The van der Waals surface area contributed by atoms with Crippen LogP contribution in [0, 0.1) is 6.92 Å². The molecular weight excluding hydrogens is 332 g/mol. The monoisotopic (exact) mass is 350 g/mol. The van der Waals surface area contributed by atoms with Gasteiger partial charge in [-0.2, -0.15) is 0 Å². The van der Waals surface area contributed by atoms with E-state index in [0.29, 0.717) is 5.56 Å². The van der Waals surface area contributed by atoms with E-state index >= 15 is 0 Å². The Morgan fingerprint density at radius 2 is 2.12 bits per heavy atom. The predicted molar refractivity (Wildman–Crippen MR) is 102 cm³/mol. The van der Waals surface area contributed by atoms with Crippen molar-refractivity contribution in [1.29, 1.82) is 0 Å². The van der Waals surface area contributed by atoms with Gasteiger partial charge in [-0.3, -0.25) is 4.79 Å². The second-order valence-electron chi connectivity index (χ2n) is 6.03. The first-order valence-electron chi connectivity index (χ1n) is 8.28. The zero-order valence-electron chi connectivity index (χ0n) is 14.1. The van der Waals surface area contributed by atoms with Crippen LogP contribution in [0.25, 0.3) is 32.9 Å². The third-order valence-electron chi connectivity index (χ3n) is 4.43. The molecule has 0 aliphatic rings. The highest BCUT2D eigenvalue weighted by atomic mass is 32.1. The third-order valence-corrected chi connectivity index (χ3v) is 5.29. The molecule has 6 heteroatoms. The van der Waals surface area contributed by atoms with Crippen LogP contribution in [-0.4, -0.2) is 19.9 Å². The summed E-state index contributed by atoms with van der Waals surface area (Å²) < 4.78 is 0. The Bertz CT molecular complexity index is 1110. The molecule has 4 rings (SSSR count). The minimum absolute atomic E-state index is 0.0844. The molecule has 4 heterocycles. The van der Waals surface area contributed by atoms with Crippen LogP contribution in [0.4, 0.5) is 0 Å². The number of aromatic amines is 2. The highest BCUT2D eigenvalue weighted by Gasteiger charge is 2.16. The summed E-state index contributed by atoms with van der Waals surface area (Å²) in [6.07, 6.45) is 7.49. The summed E-state index contributed by atoms with van der Waals surface area (Å²) in [6, 6.07) is 3.93. The molecule has 0 aliphatic carbocycles. The van der Waals surface area contributed by atoms with Crippen molar-refractivity contribution in [2.45, 2.75) is 26.7 Å². The summed E-state index contributed by atoms with van der Waals surface area (Å²) in [7, 11) is 0. The molecule has 4 aromatic heterocycles. The van der Waals surface area contributed by atoms with Crippen LogP contribution < -0.4 is 5.56 Å². The highest BCUT2D eigenvalue weighted by Crippen LogP contribution is 2.32. The van der Waals surface area contributed by atoms with Gasteiger partial charge in [-0.15, -0.1) is 11.3 Å². The number of H-pyrrole nitrogens is 2. The van der Waals surface area contributed by atoms with Gasteiger partial charge in [0.25, 0.3) is 5.56 Å². The van der Waals surface area contributed by atoms with E-state index in [-0.39, 0.29) is 5.56 Å². The van der Waals surface area contributed by atoms with Crippen molar-refractivity contribution in [2.24, 2.45) is 0 Å². The van der Waals surface area contributed by atoms with E-state index in [1.165, 1.54) is 16.9 Å². The minimum Gasteiger partial charge on any atom is -0.345 e.